The van der Waals surface area contributed by atoms with E-state index in [0.29, 0.717) is 31.9 Å². The molecule has 1 aromatic heterocycles. The molecule has 1 amide bonds. The lowest BCUT2D eigenvalue weighted by atomic mass is 9.79. The number of rotatable bonds is 5. The van der Waals surface area contributed by atoms with Crippen LogP contribution in [0.1, 0.15) is 62.5 Å². The van der Waals surface area contributed by atoms with Gasteiger partial charge in [-0.3, -0.25) is 4.79 Å². The molecular weight excluding hydrogens is 466 g/mol. The first-order valence-corrected chi connectivity index (χ1v) is 13.1. The maximum Gasteiger partial charge on any atom is 0.254 e. The zero-order valence-electron chi connectivity index (χ0n) is 22.5. The molecule has 0 unspecified atom stereocenters. The largest absolute Gasteiger partial charge is 0.494 e. The number of hydrogen-bond acceptors (Lipinski definition) is 5. The first kappa shape index (κ1) is 25.5. The third-order valence-electron chi connectivity index (χ3n) is 7.21. The Balaban J connectivity index is 1.54. The number of carbonyl (C=O) groups is 1. The highest BCUT2D eigenvalue weighted by Crippen LogP contribution is 2.44. The van der Waals surface area contributed by atoms with Crippen molar-refractivity contribution in [1.82, 2.24) is 14.7 Å². The lowest BCUT2D eigenvalue weighted by Crippen LogP contribution is -2.44. The topological polar surface area (TPSA) is 65.8 Å². The Labute approximate surface area is 219 Å². The number of ether oxygens (including phenoxy) is 3. The summed E-state index contributed by atoms with van der Waals surface area (Å²) in [7, 11) is 1.68. The van der Waals surface area contributed by atoms with Crippen molar-refractivity contribution in [3.63, 3.8) is 0 Å². The van der Waals surface area contributed by atoms with Gasteiger partial charge in [0.25, 0.3) is 5.91 Å². The number of aromatic nitrogens is 2. The molecule has 2 aromatic carbocycles. The second kappa shape index (κ2) is 9.95. The van der Waals surface area contributed by atoms with Crippen molar-refractivity contribution in [1.29, 1.82) is 0 Å². The number of carbonyl (C=O) groups excluding carboxylic acids is 1. The molecular formula is C30H37N3O4. The van der Waals surface area contributed by atoms with Crippen LogP contribution in [0, 0.1) is 0 Å². The van der Waals surface area contributed by atoms with E-state index in [0.717, 1.165) is 41.2 Å². The third-order valence-corrected chi connectivity index (χ3v) is 7.21. The normalized spacial score (nSPS) is 19.5. The van der Waals surface area contributed by atoms with Crippen LogP contribution in [0.5, 0.6) is 5.75 Å². The van der Waals surface area contributed by atoms with Gasteiger partial charge in [-0.15, -0.1) is 0 Å². The van der Waals surface area contributed by atoms with Crippen molar-refractivity contribution in [2.45, 2.75) is 57.7 Å². The molecule has 3 aromatic rings. The van der Waals surface area contributed by atoms with E-state index in [1.165, 1.54) is 0 Å². The van der Waals surface area contributed by atoms with Crippen molar-refractivity contribution >= 4 is 5.91 Å². The summed E-state index contributed by atoms with van der Waals surface area (Å²) >= 11 is 0. The standard InChI is InChI=1S/C30H37N3O4/c1-29(2)19-23(20-30(3,4)37-29)24-18-26(33(31-24)25-8-6-7-9-27(25)35-5)21-10-12-22(13-11-21)28(34)32-14-16-36-17-15-32/h6-13,18,23H,14-17,19-20H2,1-5H3. The molecule has 2 fully saturated rings. The van der Waals surface area contributed by atoms with E-state index in [2.05, 4.69) is 33.8 Å². The van der Waals surface area contributed by atoms with Crippen LogP contribution >= 0.6 is 0 Å². The van der Waals surface area contributed by atoms with E-state index >= 15 is 0 Å². The highest BCUT2D eigenvalue weighted by atomic mass is 16.5. The average molecular weight is 504 g/mol. The number of morpholine rings is 1. The second-order valence-electron chi connectivity index (χ2n) is 11.2. The summed E-state index contributed by atoms with van der Waals surface area (Å²) in [6, 6.07) is 18.0. The molecule has 7 nitrogen and oxygen atoms in total. The number of benzene rings is 2. The van der Waals surface area contributed by atoms with Gasteiger partial charge in [0, 0.05) is 30.1 Å². The second-order valence-corrected chi connectivity index (χ2v) is 11.2. The summed E-state index contributed by atoms with van der Waals surface area (Å²) in [5.74, 6) is 1.06. The molecule has 2 aliphatic rings. The number of nitrogens with zero attached hydrogens (tertiary/aromatic N) is 3. The smallest absolute Gasteiger partial charge is 0.254 e. The minimum atomic E-state index is -0.234. The summed E-state index contributed by atoms with van der Waals surface area (Å²) in [5.41, 5.74) is 4.09. The van der Waals surface area contributed by atoms with Gasteiger partial charge < -0.3 is 19.1 Å². The van der Waals surface area contributed by atoms with E-state index in [-0.39, 0.29) is 23.0 Å². The summed E-state index contributed by atoms with van der Waals surface area (Å²) < 4.78 is 19.4. The van der Waals surface area contributed by atoms with Crippen LogP contribution in [0.3, 0.4) is 0 Å². The maximum absolute atomic E-state index is 13.0. The van der Waals surface area contributed by atoms with E-state index < -0.39 is 0 Å². The zero-order valence-corrected chi connectivity index (χ0v) is 22.5. The van der Waals surface area contributed by atoms with Crippen molar-refractivity contribution < 1.29 is 19.0 Å². The minimum Gasteiger partial charge on any atom is -0.494 e. The molecule has 5 rings (SSSR count). The first-order valence-electron chi connectivity index (χ1n) is 13.1. The highest BCUT2D eigenvalue weighted by Gasteiger charge is 2.41. The molecule has 7 heteroatoms. The fourth-order valence-corrected chi connectivity index (χ4v) is 5.82. The molecule has 0 N–H and O–H groups in total. The molecule has 0 saturated carbocycles. The quantitative estimate of drug-likeness (QED) is 0.462. The molecule has 0 radical (unpaired) electrons. The Morgan fingerprint density at radius 2 is 1.62 bits per heavy atom. The molecule has 2 aliphatic heterocycles. The number of hydrogen-bond donors (Lipinski definition) is 0. The van der Waals surface area contributed by atoms with E-state index in [1.807, 2.05) is 58.1 Å². The zero-order chi connectivity index (χ0) is 26.2. The number of amides is 1. The van der Waals surface area contributed by atoms with Crippen molar-refractivity contribution in [2.75, 3.05) is 33.4 Å². The van der Waals surface area contributed by atoms with Crippen LogP contribution in [-0.4, -0.2) is 65.2 Å². The van der Waals surface area contributed by atoms with Gasteiger partial charge >= 0.3 is 0 Å². The van der Waals surface area contributed by atoms with Crippen LogP contribution in [0.15, 0.2) is 54.6 Å². The summed E-state index contributed by atoms with van der Waals surface area (Å²) in [4.78, 5) is 14.8. The van der Waals surface area contributed by atoms with Gasteiger partial charge in [-0.1, -0.05) is 24.3 Å². The Kier molecular flexibility index (Phi) is 6.86. The summed E-state index contributed by atoms with van der Waals surface area (Å²) in [6.07, 6.45) is 1.79. The fourth-order valence-electron chi connectivity index (χ4n) is 5.82. The highest BCUT2D eigenvalue weighted by molar-refractivity contribution is 5.94. The van der Waals surface area contributed by atoms with Gasteiger partial charge in [0.2, 0.25) is 0 Å². The number of methoxy groups -OCH3 is 1. The van der Waals surface area contributed by atoms with Crippen LogP contribution in [0.2, 0.25) is 0 Å². The first-order chi connectivity index (χ1) is 17.7. The van der Waals surface area contributed by atoms with Crippen LogP contribution in [0.4, 0.5) is 0 Å². The van der Waals surface area contributed by atoms with Crippen molar-refractivity contribution in [3.05, 3.63) is 65.9 Å². The molecule has 0 aliphatic carbocycles. The van der Waals surface area contributed by atoms with Crippen LogP contribution in [-0.2, 0) is 9.47 Å². The Morgan fingerprint density at radius 3 is 2.27 bits per heavy atom. The SMILES string of the molecule is COc1ccccc1-n1nc(C2CC(C)(C)OC(C)(C)C2)cc1-c1ccc(C(=O)N2CCOCC2)cc1. The predicted octanol–water partition coefficient (Wildman–Crippen LogP) is 5.47. The molecule has 37 heavy (non-hydrogen) atoms. The Morgan fingerprint density at radius 1 is 0.973 bits per heavy atom. The Hall–Kier alpha value is -3.16. The molecule has 0 atom stereocenters. The van der Waals surface area contributed by atoms with Crippen LogP contribution in [0.25, 0.3) is 16.9 Å². The van der Waals surface area contributed by atoms with E-state index in [1.54, 1.807) is 7.11 Å². The predicted molar refractivity (Wildman–Crippen MR) is 143 cm³/mol. The minimum absolute atomic E-state index is 0.0421. The van der Waals surface area contributed by atoms with Gasteiger partial charge in [-0.2, -0.15) is 5.10 Å². The molecule has 196 valence electrons. The van der Waals surface area contributed by atoms with E-state index in [9.17, 15) is 4.79 Å². The maximum atomic E-state index is 13.0. The van der Waals surface area contributed by atoms with Gasteiger partial charge in [-0.05, 0) is 70.9 Å². The van der Waals surface area contributed by atoms with Gasteiger partial charge in [0.05, 0.1) is 42.9 Å². The molecule has 0 bridgehead atoms. The number of para-hydroxylation sites is 2. The lowest BCUT2D eigenvalue weighted by Gasteiger charge is -2.45. The van der Waals surface area contributed by atoms with Crippen molar-refractivity contribution in [2.24, 2.45) is 0 Å². The Bertz CT molecular complexity index is 1240. The van der Waals surface area contributed by atoms with Crippen molar-refractivity contribution in [3.8, 4) is 22.7 Å². The molecule has 0 spiro atoms. The van der Waals surface area contributed by atoms with Gasteiger partial charge in [0.15, 0.2) is 0 Å². The molecule has 3 heterocycles. The monoisotopic (exact) mass is 503 g/mol. The fraction of sp³-hybridized carbons (Fsp3) is 0.467. The van der Waals surface area contributed by atoms with Crippen LogP contribution < -0.4 is 4.74 Å². The average Bonchev–Trinajstić information content (AvgIpc) is 3.32. The van der Waals surface area contributed by atoms with E-state index in [4.69, 9.17) is 19.3 Å². The summed E-state index contributed by atoms with van der Waals surface area (Å²) in [5, 5.41) is 5.14. The van der Waals surface area contributed by atoms with Gasteiger partial charge in [-0.25, -0.2) is 4.68 Å². The lowest BCUT2D eigenvalue weighted by molar-refractivity contribution is -0.162. The molecule has 2 saturated heterocycles. The third kappa shape index (κ3) is 5.43. The van der Waals surface area contributed by atoms with Gasteiger partial charge in [0.1, 0.15) is 11.4 Å². The summed E-state index contributed by atoms with van der Waals surface area (Å²) in [6.45, 7) is 11.1.